The average molecular weight is 262 g/mol. The monoisotopic (exact) mass is 261 g/mol. The maximum Gasteiger partial charge on any atom is 0.139 e. The van der Waals surface area contributed by atoms with Crippen molar-refractivity contribution < 1.29 is 0 Å². The second-order valence-electron chi connectivity index (χ2n) is 3.65. The smallest absolute Gasteiger partial charge is 0.139 e. The van der Waals surface area contributed by atoms with E-state index in [0.29, 0.717) is 0 Å². The number of fused-ring (bicyclic) bond motifs is 1. The topological polar surface area (TPSA) is 29.9 Å². The number of aryl methyl sites for hydroxylation is 2. The van der Waals surface area contributed by atoms with Gasteiger partial charge in [0.25, 0.3) is 0 Å². The van der Waals surface area contributed by atoms with E-state index in [1.807, 2.05) is 13.2 Å². The standard InChI is InChI=1S/C11H15N3.2ClH/c1-8-4-9-5-10(7-12-2)14(3)11(9)13-6-8;;/h4-6,12H,7H2,1-3H3;2*1H. The van der Waals surface area contributed by atoms with Crippen LogP contribution < -0.4 is 5.32 Å². The van der Waals surface area contributed by atoms with Gasteiger partial charge in [0.15, 0.2) is 0 Å². The highest BCUT2D eigenvalue weighted by Crippen LogP contribution is 2.17. The van der Waals surface area contributed by atoms with Crippen LogP contribution in [0.4, 0.5) is 0 Å². The van der Waals surface area contributed by atoms with E-state index in [0.717, 1.165) is 12.2 Å². The van der Waals surface area contributed by atoms with Gasteiger partial charge in [-0.2, -0.15) is 0 Å². The van der Waals surface area contributed by atoms with Gasteiger partial charge in [0.2, 0.25) is 0 Å². The van der Waals surface area contributed by atoms with E-state index < -0.39 is 0 Å². The van der Waals surface area contributed by atoms with E-state index >= 15 is 0 Å². The number of rotatable bonds is 2. The first-order valence-corrected chi connectivity index (χ1v) is 4.78. The van der Waals surface area contributed by atoms with Gasteiger partial charge in [-0.3, -0.25) is 0 Å². The molecule has 0 fully saturated rings. The number of nitrogens with zero attached hydrogens (tertiary/aromatic N) is 2. The van der Waals surface area contributed by atoms with Gasteiger partial charge in [0.1, 0.15) is 5.65 Å². The van der Waals surface area contributed by atoms with Crippen molar-refractivity contribution in [1.82, 2.24) is 14.9 Å². The molecule has 0 saturated heterocycles. The Balaban J connectivity index is 0.00000112. The van der Waals surface area contributed by atoms with Crippen LogP contribution in [-0.2, 0) is 13.6 Å². The van der Waals surface area contributed by atoms with E-state index in [1.165, 1.54) is 16.6 Å². The molecule has 0 aliphatic carbocycles. The fourth-order valence-corrected chi connectivity index (χ4v) is 1.73. The summed E-state index contributed by atoms with van der Waals surface area (Å²) in [7, 11) is 4.01. The summed E-state index contributed by atoms with van der Waals surface area (Å²) in [5.41, 5.74) is 3.53. The first-order valence-electron chi connectivity index (χ1n) is 4.78. The summed E-state index contributed by atoms with van der Waals surface area (Å²) in [6.45, 7) is 2.95. The molecule has 16 heavy (non-hydrogen) atoms. The number of hydrogen-bond donors (Lipinski definition) is 1. The van der Waals surface area contributed by atoms with Crippen molar-refractivity contribution in [3.63, 3.8) is 0 Å². The van der Waals surface area contributed by atoms with Crippen LogP contribution in [0.3, 0.4) is 0 Å². The van der Waals surface area contributed by atoms with Gasteiger partial charge in [-0.15, -0.1) is 24.8 Å². The minimum absolute atomic E-state index is 0. The van der Waals surface area contributed by atoms with Crippen LogP contribution in [0.25, 0.3) is 11.0 Å². The molecule has 0 unspecified atom stereocenters. The van der Waals surface area contributed by atoms with Crippen LogP contribution in [-0.4, -0.2) is 16.6 Å². The van der Waals surface area contributed by atoms with Crippen LogP contribution in [0.2, 0.25) is 0 Å². The highest BCUT2D eigenvalue weighted by molar-refractivity contribution is 5.85. The SMILES string of the molecule is CNCc1cc2cc(C)cnc2n1C.Cl.Cl. The summed E-state index contributed by atoms with van der Waals surface area (Å²) in [6, 6.07) is 4.35. The quantitative estimate of drug-likeness (QED) is 0.900. The van der Waals surface area contributed by atoms with Crippen LogP contribution in [0.1, 0.15) is 11.3 Å². The zero-order valence-corrected chi connectivity index (χ0v) is 11.3. The molecule has 1 N–H and O–H groups in total. The molecule has 2 aromatic rings. The Hall–Kier alpha value is -0.770. The third-order valence-electron chi connectivity index (χ3n) is 2.46. The number of nitrogens with one attached hydrogen (secondary N) is 1. The van der Waals surface area contributed by atoms with E-state index in [-0.39, 0.29) is 24.8 Å². The minimum atomic E-state index is 0. The van der Waals surface area contributed by atoms with Crippen LogP contribution in [0.15, 0.2) is 18.3 Å². The molecule has 0 amide bonds. The minimum Gasteiger partial charge on any atom is -0.331 e. The second-order valence-corrected chi connectivity index (χ2v) is 3.65. The molecule has 0 saturated carbocycles. The highest BCUT2D eigenvalue weighted by atomic mass is 35.5. The molecule has 0 aliphatic rings. The first kappa shape index (κ1) is 15.2. The maximum atomic E-state index is 4.42. The lowest BCUT2D eigenvalue weighted by Crippen LogP contribution is -2.08. The van der Waals surface area contributed by atoms with Gasteiger partial charge in [-0.1, -0.05) is 0 Å². The van der Waals surface area contributed by atoms with Crippen LogP contribution in [0, 0.1) is 6.92 Å². The molecule has 0 aromatic carbocycles. The van der Waals surface area contributed by atoms with E-state index in [1.54, 1.807) is 0 Å². The molecule has 90 valence electrons. The third-order valence-corrected chi connectivity index (χ3v) is 2.46. The molecule has 2 aromatic heterocycles. The molecular weight excluding hydrogens is 245 g/mol. The summed E-state index contributed by atoms with van der Waals surface area (Å²) >= 11 is 0. The fraction of sp³-hybridized carbons (Fsp3) is 0.364. The maximum absolute atomic E-state index is 4.42. The molecule has 0 spiro atoms. The largest absolute Gasteiger partial charge is 0.331 e. The fourth-order valence-electron chi connectivity index (χ4n) is 1.73. The van der Waals surface area contributed by atoms with Crippen molar-refractivity contribution in [2.24, 2.45) is 7.05 Å². The predicted molar refractivity (Wildman–Crippen MR) is 72.7 cm³/mol. The zero-order valence-electron chi connectivity index (χ0n) is 9.65. The lowest BCUT2D eigenvalue weighted by molar-refractivity contribution is 0.742. The van der Waals surface area contributed by atoms with Crippen molar-refractivity contribution in [3.05, 3.63) is 29.6 Å². The molecule has 0 radical (unpaired) electrons. The first-order chi connectivity index (χ1) is 6.72. The van der Waals surface area contributed by atoms with E-state index in [9.17, 15) is 0 Å². The van der Waals surface area contributed by atoms with Crippen molar-refractivity contribution in [1.29, 1.82) is 0 Å². The van der Waals surface area contributed by atoms with Gasteiger partial charge < -0.3 is 9.88 Å². The van der Waals surface area contributed by atoms with E-state index in [2.05, 4.69) is 41.0 Å². The summed E-state index contributed by atoms with van der Waals surface area (Å²) in [6.07, 6.45) is 1.91. The third kappa shape index (κ3) is 2.67. The number of hydrogen-bond acceptors (Lipinski definition) is 2. The Morgan fingerprint density at radius 1 is 1.31 bits per heavy atom. The number of pyridine rings is 1. The molecule has 3 nitrogen and oxygen atoms in total. The second kappa shape index (κ2) is 6.09. The van der Waals surface area contributed by atoms with Crippen LogP contribution >= 0.6 is 24.8 Å². The summed E-state index contributed by atoms with van der Waals surface area (Å²) < 4.78 is 2.13. The predicted octanol–water partition coefficient (Wildman–Crippen LogP) is 2.44. The number of halogens is 2. The van der Waals surface area contributed by atoms with Gasteiger partial charge in [0, 0.05) is 30.9 Å². The average Bonchev–Trinajstić information content (AvgIpc) is 2.44. The molecule has 0 bridgehead atoms. The van der Waals surface area contributed by atoms with Crippen LogP contribution in [0.5, 0.6) is 0 Å². The Morgan fingerprint density at radius 3 is 2.62 bits per heavy atom. The zero-order chi connectivity index (χ0) is 10.1. The summed E-state index contributed by atoms with van der Waals surface area (Å²) in [4.78, 5) is 4.42. The van der Waals surface area contributed by atoms with Crippen molar-refractivity contribution in [2.45, 2.75) is 13.5 Å². The molecule has 0 aliphatic heterocycles. The molecule has 5 heteroatoms. The summed E-state index contributed by atoms with van der Waals surface area (Å²) in [5, 5.41) is 4.37. The molecule has 2 heterocycles. The van der Waals surface area contributed by atoms with Crippen molar-refractivity contribution in [3.8, 4) is 0 Å². The Labute approximate surface area is 108 Å². The normalized spacial score (nSPS) is 9.69. The highest BCUT2D eigenvalue weighted by Gasteiger charge is 2.05. The van der Waals surface area contributed by atoms with Crippen molar-refractivity contribution in [2.75, 3.05) is 7.05 Å². The lowest BCUT2D eigenvalue weighted by Gasteiger charge is -2.01. The van der Waals surface area contributed by atoms with Gasteiger partial charge in [-0.25, -0.2) is 4.98 Å². The van der Waals surface area contributed by atoms with Gasteiger partial charge in [-0.05, 0) is 31.7 Å². The van der Waals surface area contributed by atoms with E-state index in [4.69, 9.17) is 0 Å². The lowest BCUT2D eigenvalue weighted by atomic mass is 10.2. The summed E-state index contributed by atoms with van der Waals surface area (Å²) in [5.74, 6) is 0. The Morgan fingerprint density at radius 2 is 2.00 bits per heavy atom. The van der Waals surface area contributed by atoms with Gasteiger partial charge in [0.05, 0.1) is 0 Å². The Kier molecular flexibility index (Phi) is 5.79. The van der Waals surface area contributed by atoms with Gasteiger partial charge >= 0.3 is 0 Å². The Bertz CT molecular complexity index is 465. The number of aromatic nitrogens is 2. The molecule has 2 rings (SSSR count). The molecule has 0 atom stereocenters. The molecular formula is C11H17Cl2N3. The van der Waals surface area contributed by atoms with Crippen molar-refractivity contribution >= 4 is 35.8 Å².